The first-order chi connectivity index (χ1) is 26.1. The van der Waals surface area contributed by atoms with Gasteiger partial charge >= 0.3 is 6.01 Å². The number of benzene rings is 2. The van der Waals surface area contributed by atoms with Crippen molar-refractivity contribution in [3.63, 3.8) is 0 Å². The predicted octanol–water partition coefficient (Wildman–Crippen LogP) is 11.7. The van der Waals surface area contributed by atoms with Crippen LogP contribution in [0.4, 0.5) is 10.2 Å². The van der Waals surface area contributed by atoms with Gasteiger partial charge in [-0.15, -0.1) is 6.42 Å². The summed E-state index contributed by atoms with van der Waals surface area (Å²) in [7, 11) is 0. The van der Waals surface area contributed by atoms with Crippen molar-refractivity contribution in [2.45, 2.75) is 127 Å². The Hall–Kier alpha value is -4.22. The number of aromatic hydroxyl groups is 1. The number of aromatic nitrogens is 2. The molecule has 1 fully saturated rings. The maximum Gasteiger partial charge on any atom is 0.318 e. The molecule has 5 rings (SSSR count). The van der Waals surface area contributed by atoms with Crippen LogP contribution in [-0.4, -0.2) is 59.7 Å². The van der Waals surface area contributed by atoms with Crippen LogP contribution in [0.25, 0.3) is 28.0 Å². The lowest BCUT2D eigenvalue weighted by atomic mass is 9.81. The van der Waals surface area contributed by atoms with Crippen LogP contribution < -0.4 is 9.64 Å². The Kier molecular flexibility index (Phi) is 17.7. The fraction of sp³-hybridized carbons (Fsp3) is 0.543. The highest BCUT2D eigenvalue weighted by atomic mass is 19.1. The summed E-state index contributed by atoms with van der Waals surface area (Å²) in [4.78, 5) is 17.6. The molecule has 1 aliphatic carbocycles. The Balaban J connectivity index is 0.00000190. The molecule has 1 atom stereocenters. The number of aliphatic imine (C=N–C) groups is 1. The van der Waals surface area contributed by atoms with Crippen LogP contribution in [-0.2, 0) is 4.74 Å². The largest absolute Gasteiger partial charge is 0.508 e. The van der Waals surface area contributed by atoms with E-state index in [0.717, 1.165) is 62.0 Å². The molecule has 0 spiro atoms. The summed E-state index contributed by atoms with van der Waals surface area (Å²) in [5.41, 5.74) is 4.55. The summed E-state index contributed by atoms with van der Waals surface area (Å²) in [6.45, 7) is 24.1. The Morgan fingerprint density at radius 3 is 2.44 bits per heavy atom. The standard InChI is InChI=1S/C42H53FN4O3.2C2H6/c1-8-12-14-19-42(7,18-13-9-2)27-50-41-45-36-26-34(33-25-30(48)24-29-16-17-35(43)31(10-3)37(29)33)39(44-28(5)6)32(11-4)38(36)40(46-41)47-20-15-22-49-23-21-47;2*1-2/h3,11,16-17,24-26,28,48H,8-9,12-15,18-23,27H2,1-2,4-7H3;2*1-2H3/b32-11-,44-39?;;. The van der Waals surface area contributed by atoms with Gasteiger partial charge in [-0.1, -0.05) is 98.6 Å². The van der Waals surface area contributed by atoms with Gasteiger partial charge in [0.2, 0.25) is 0 Å². The molecule has 0 amide bonds. The molecule has 0 bridgehead atoms. The van der Waals surface area contributed by atoms with Crippen molar-refractivity contribution in [1.82, 2.24) is 9.97 Å². The van der Waals surface area contributed by atoms with Crippen LogP contribution in [0.2, 0.25) is 0 Å². The number of hydrogen-bond acceptors (Lipinski definition) is 7. The lowest BCUT2D eigenvalue weighted by Crippen LogP contribution is -2.30. The fourth-order valence-corrected chi connectivity index (χ4v) is 7.10. The Bertz CT molecular complexity index is 1810. The molecule has 1 aromatic heterocycles. The Labute approximate surface area is 325 Å². The van der Waals surface area contributed by atoms with E-state index in [9.17, 15) is 5.11 Å². The summed E-state index contributed by atoms with van der Waals surface area (Å²) in [5.74, 6) is 2.90. The molecule has 1 aliphatic heterocycles. The summed E-state index contributed by atoms with van der Waals surface area (Å²) in [6, 6.07) is 6.50. The zero-order chi connectivity index (χ0) is 39.8. The number of allylic oxidation sites excluding steroid dienone is 3. The van der Waals surface area contributed by atoms with Gasteiger partial charge in [0.25, 0.3) is 0 Å². The molecule has 54 heavy (non-hydrogen) atoms. The monoisotopic (exact) mass is 741 g/mol. The Morgan fingerprint density at radius 1 is 1.06 bits per heavy atom. The fourth-order valence-electron chi connectivity index (χ4n) is 7.10. The van der Waals surface area contributed by atoms with Gasteiger partial charge in [0.15, 0.2) is 0 Å². The van der Waals surface area contributed by atoms with Crippen LogP contribution in [0.5, 0.6) is 11.8 Å². The number of terminal acetylenes is 1. The van der Waals surface area contributed by atoms with Gasteiger partial charge in [-0.25, -0.2) is 4.39 Å². The van der Waals surface area contributed by atoms with E-state index >= 15 is 4.39 Å². The first kappa shape index (κ1) is 44.2. The normalized spacial score (nSPS) is 16.7. The molecule has 2 aliphatic rings. The van der Waals surface area contributed by atoms with Gasteiger partial charge in [-0.3, -0.25) is 4.99 Å². The number of nitrogens with zero attached hydrogens (tertiary/aromatic N) is 4. The van der Waals surface area contributed by atoms with E-state index in [2.05, 4.69) is 31.6 Å². The highest BCUT2D eigenvalue weighted by Crippen LogP contribution is 2.44. The van der Waals surface area contributed by atoms with Crippen LogP contribution in [0.3, 0.4) is 0 Å². The van der Waals surface area contributed by atoms with Crippen LogP contribution in [0, 0.1) is 23.6 Å². The number of unbranched alkanes of at least 4 members (excludes halogenated alkanes) is 3. The molecule has 294 valence electrons. The van der Waals surface area contributed by atoms with Gasteiger partial charge in [-0.2, -0.15) is 9.97 Å². The molecule has 2 aromatic carbocycles. The average molecular weight is 741 g/mol. The van der Waals surface area contributed by atoms with Gasteiger partial charge in [0, 0.05) is 47.7 Å². The molecular formula is C46H65FN4O3. The van der Waals surface area contributed by atoms with E-state index in [-0.39, 0.29) is 22.8 Å². The number of phenols is 1. The van der Waals surface area contributed by atoms with Crippen LogP contribution in [0.1, 0.15) is 143 Å². The summed E-state index contributed by atoms with van der Waals surface area (Å²) >= 11 is 0. The minimum absolute atomic E-state index is 0.00377. The van der Waals surface area contributed by atoms with Crippen molar-refractivity contribution in [3.8, 4) is 24.1 Å². The number of rotatable bonds is 13. The summed E-state index contributed by atoms with van der Waals surface area (Å²) in [6.07, 6.45) is 18.8. The maximum absolute atomic E-state index is 15.2. The van der Waals surface area contributed by atoms with Crippen molar-refractivity contribution in [2.75, 3.05) is 37.8 Å². The number of halogens is 1. The molecule has 8 heteroatoms. The molecule has 2 heterocycles. The van der Waals surface area contributed by atoms with E-state index in [0.29, 0.717) is 65.7 Å². The number of hydrogen-bond donors (Lipinski definition) is 1. The first-order valence-corrected chi connectivity index (χ1v) is 20.4. The van der Waals surface area contributed by atoms with Crippen molar-refractivity contribution < 1.29 is 19.0 Å². The van der Waals surface area contributed by atoms with Crippen molar-refractivity contribution in [3.05, 3.63) is 58.5 Å². The predicted molar refractivity (Wildman–Crippen MR) is 227 cm³/mol. The third kappa shape index (κ3) is 10.7. The number of fused-ring (bicyclic) bond motifs is 2. The maximum atomic E-state index is 15.2. The van der Waals surface area contributed by atoms with E-state index in [4.69, 9.17) is 30.9 Å². The summed E-state index contributed by atoms with van der Waals surface area (Å²) < 4.78 is 27.7. The van der Waals surface area contributed by atoms with Crippen LogP contribution in [0.15, 0.2) is 35.3 Å². The average Bonchev–Trinajstić information content (AvgIpc) is 3.47. The Morgan fingerprint density at radius 2 is 1.78 bits per heavy atom. The van der Waals surface area contributed by atoms with E-state index in [1.165, 1.54) is 18.9 Å². The second kappa shape index (κ2) is 21.6. The van der Waals surface area contributed by atoms with Gasteiger partial charge < -0.3 is 19.5 Å². The lowest BCUT2D eigenvalue weighted by molar-refractivity contribution is 0.126. The number of ether oxygens (including phenoxy) is 2. The second-order valence-electron chi connectivity index (χ2n) is 14.2. The van der Waals surface area contributed by atoms with Crippen molar-refractivity contribution >= 4 is 39.5 Å². The van der Waals surface area contributed by atoms with Crippen molar-refractivity contribution in [2.24, 2.45) is 10.4 Å². The minimum atomic E-state index is -0.494. The van der Waals surface area contributed by atoms with Gasteiger partial charge in [0.1, 0.15) is 17.4 Å². The lowest BCUT2D eigenvalue weighted by Gasteiger charge is -2.31. The highest BCUT2D eigenvalue weighted by molar-refractivity contribution is 6.50. The summed E-state index contributed by atoms with van der Waals surface area (Å²) in [5, 5.41) is 12.1. The van der Waals surface area contributed by atoms with E-state index < -0.39 is 5.82 Å². The van der Waals surface area contributed by atoms with Crippen LogP contribution >= 0.6 is 0 Å². The minimum Gasteiger partial charge on any atom is -0.508 e. The number of phenolic OH excluding ortho intramolecular Hbond substituents is 1. The first-order valence-electron chi connectivity index (χ1n) is 20.4. The smallest absolute Gasteiger partial charge is 0.318 e. The molecule has 3 aromatic rings. The SMILES string of the molecule is C#Cc1c(F)ccc2cc(O)cc(C3=Cc4nc(OCC(C)(CCCC)CCCCC)nc(N5CCCOCC5)c4/C(=C/C)C3=NC(C)C)c12.CC.CC. The quantitative estimate of drug-likeness (QED) is 0.139. The topological polar surface area (TPSA) is 80.1 Å². The van der Waals surface area contributed by atoms with E-state index in [1.807, 2.05) is 60.6 Å². The second-order valence-corrected chi connectivity index (χ2v) is 14.2. The molecule has 1 N–H and O–H groups in total. The van der Waals surface area contributed by atoms with E-state index in [1.54, 1.807) is 18.2 Å². The van der Waals surface area contributed by atoms with Crippen molar-refractivity contribution in [1.29, 1.82) is 0 Å². The zero-order valence-corrected chi connectivity index (χ0v) is 34.7. The van der Waals surface area contributed by atoms with Gasteiger partial charge in [0.05, 0.1) is 35.7 Å². The third-order valence-electron chi connectivity index (χ3n) is 9.71. The molecule has 7 nitrogen and oxygen atoms in total. The molecule has 0 radical (unpaired) electrons. The molecule has 1 unspecified atom stereocenters. The highest BCUT2D eigenvalue weighted by Gasteiger charge is 2.33. The number of anilines is 1. The molecular weight excluding hydrogens is 676 g/mol. The molecule has 0 saturated carbocycles. The zero-order valence-electron chi connectivity index (χ0n) is 34.7. The third-order valence-corrected chi connectivity index (χ3v) is 9.71. The molecule has 1 saturated heterocycles. The van der Waals surface area contributed by atoms with Gasteiger partial charge in [-0.05, 0) is 75.3 Å².